The zero-order valence-corrected chi connectivity index (χ0v) is 14.1. The molecule has 2 aliphatic heterocycles. The first-order valence-electron chi connectivity index (χ1n) is 8.39. The molecule has 6 heteroatoms. The van der Waals surface area contributed by atoms with Crippen molar-refractivity contribution < 1.29 is 29.3 Å². The summed E-state index contributed by atoms with van der Waals surface area (Å²) in [7, 11) is 0. The molecule has 0 amide bonds. The minimum Gasteiger partial charge on any atom is -0.508 e. The SMILES string of the molecule is CC12c3ccc(O)cc3OC(=O)C1C1C(=O)Oc3cc(O)ccc3C12C. The van der Waals surface area contributed by atoms with Crippen LogP contribution in [0.1, 0.15) is 25.0 Å². The number of benzene rings is 2. The third kappa shape index (κ3) is 1.45. The summed E-state index contributed by atoms with van der Waals surface area (Å²) in [6.45, 7) is 3.89. The van der Waals surface area contributed by atoms with Gasteiger partial charge in [-0.05, 0) is 12.1 Å². The minimum atomic E-state index is -0.707. The number of ether oxygens (including phenoxy) is 2. The number of esters is 2. The van der Waals surface area contributed by atoms with Crippen LogP contribution in [-0.4, -0.2) is 22.2 Å². The highest BCUT2D eigenvalue weighted by Gasteiger charge is 2.77. The molecule has 0 spiro atoms. The number of hydrogen-bond acceptors (Lipinski definition) is 6. The van der Waals surface area contributed by atoms with Crippen LogP contribution in [0.5, 0.6) is 23.0 Å². The summed E-state index contributed by atoms with van der Waals surface area (Å²) < 4.78 is 10.8. The molecule has 26 heavy (non-hydrogen) atoms. The van der Waals surface area contributed by atoms with Gasteiger partial charge < -0.3 is 19.7 Å². The van der Waals surface area contributed by atoms with Gasteiger partial charge in [0.25, 0.3) is 0 Å². The van der Waals surface area contributed by atoms with Gasteiger partial charge >= 0.3 is 11.9 Å². The molecule has 6 nitrogen and oxygen atoms in total. The standard InChI is InChI=1S/C20H16O6/c1-19-11-5-3-9(21)7-13(11)25-17(23)15(19)16-18(24)26-14-8-10(22)4-6-12(14)20(16,19)2/h3-8,15-16,21-22H,1-2H3. The fourth-order valence-electron chi connectivity index (χ4n) is 5.25. The highest BCUT2D eigenvalue weighted by atomic mass is 16.5. The van der Waals surface area contributed by atoms with Gasteiger partial charge in [0, 0.05) is 34.1 Å². The van der Waals surface area contributed by atoms with E-state index >= 15 is 0 Å². The summed E-state index contributed by atoms with van der Waals surface area (Å²) in [6, 6.07) is 9.43. The molecule has 2 aromatic rings. The van der Waals surface area contributed by atoms with Crippen LogP contribution in [0.3, 0.4) is 0 Å². The molecule has 132 valence electrons. The lowest BCUT2D eigenvalue weighted by atomic mass is 9.34. The summed E-state index contributed by atoms with van der Waals surface area (Å²) in [4.78, 5) is 25.4. The summed E-state index contributed by atoms with van der Waals surface area (Å²) in [5, 5.41) is 19.5. The molecule has 2 aromatic carbocycles. The molecule has 1 saturated carbocycles. The van der Waals surface area contributed by atoms with E-state index in [1.807, 2.05) is 13.8 Å². The molecule has 2 N–H and O–H groups in total. The third-order valence-corrected chi connectivity index (χ3v) is 6.63. The molecule has 0 aromatic heterocycles. The molecular formula is C20H16O6. The van der Waals surface area contributed by atoms with Gasteiger partial charge in [-0.2, -0.15) is 0 Å². The van der Waals surface area contributed by atoms with Gasteiger partial charge in [-0.25, -0.2) is 0 Å². The summed E-state index contributed by atoms with van der Waals surface area (Å²) in [6.07, 6.45) is 0. The lowest BCUT2D eigenvalue weighted by Crippen LogP contribution is -2.75. The molecule has 5 rings (SSSR count). The number of rotatable bonds is 0. The van der Waals surface area contributed by atoms with Crippen LogP contribution in [0, 0.1) is 11.8 Å². The topological polar surface area (TPSA) is 93.1 Å². The number of fused-ring (bicyclic) bond motifs is 8. The molecule has 1 aliphatic carbocycles. The van der Waals surface area contributed by atoms with Crippen molar-refractivity contribution in [2.45, 2.75) is 24.7 Å². The van der Waals surface area contributed by atoms with Gasteiger partial charge in [0.2, 0.25) is 0 Å². The van der Waals surface area contributed by atoms with Gasteiger partial charge in [0.15, 0.2) is 0 Å². The molecule has 3 aliphatic rings. The van der Waals surface area contributed by atoms with Crippen molar-refractivity contribution in [3.05, 3.63) is 47.5 Å². The van der Waals surface area contributed by atoms with Gasteiger partial charge in [-0.1, -0.05) is 26.0 Å². The smallest absolute Gasteiger partial charge is 0.316 e. The van der Waals surface area contributed by atoms with Crippen LogP contribution in [0.25, 0.3) is 0 Å². The predicted molar refractivity (Wildman–Crippen MR) is 89.2 cm³/mol. The Morgan fingerprint density at radius 3 is 1.54 bits per heavy atom. The Kier molecular flexibility index (Phi) is 2.57. The maximum absolute atomic E-state index is 12.7. The van der Waals surface area contributed by atoms with Crippen LogP contribution in [0.2, 0.25) is 0 Å². The fourth-order valence-corrected chi connectivity index (χ4v) is 5.25. The van der Waals surface area contributed by atoms with Crippen molar-refractivity contribution in [2.24, 2.45) is 11.8 Å². The van der Waals surface area contributed by atoms with Crippen molar-refractivity contribution in [1.29, 1.82) is 0 Å². The first-order chi connectivity index (χ1) is 12.3. The number of phenols is 2. The van der Waals surface area contributed by atoms with Crippen LogP contribution in [0.15, 0.2) is 36.4 Å². The average Bonchev–Trinajstić information content (AvgIpc) is 2.56. The first-order valence-corrected chi connectivity index (χ1v) is 8.39. The zero-order chi connectivity index (χ0) is 18.4. The van der Waals surface area contributed by atoms with Gasteiger partial charge in [0.05, 0.1) is 11.8 Å². The average molecular weight is 352 g/mol. The number of carbonyl (C=O) groups is 2. The Labute approximate surface area is 149 Å². The van der Waals surface area contributed by atoms with Crippen LogP contribution >= 0.6 is 0 Å². The second-order valence-electron chi connectivity index (χ2n) is 7.56. The fraction of sp³-hybridized carbons (Fsp3) is 0.300. The molecule has 0 bridgehead atoms. The van der Waals surface area contributed by atoms with E-state index < -0.39 is 34.6 Å². The second kappa shape index (κ2) is 4.38. The minimum absolute atomic E-state index is 0.00741. The van der Waals surface area contributed by atoms with Gasteiger partial charge in [-0.3, -0.25) is 9.59 Å². The van der Waals surface area contributed by atoms with Crippen molar-refractivity contribution >= 4 is 11.9 Å². The van der Waals surface area contributed by atoms with Crippen LogP contribution in [-0.2, 0) is 20.4 Å². The van der Waals surface area contributed by atoms with Crippen molar-refractivity contribution in [2.75, 3.05) is 0 Å². The van der Waals surface area contributed by atoms with E-state index in [2.05, 4.69) is 0 Å². The van der Waals surface area contributed by atoms with E-state index in [0.29, 0.717) is 11.5 Å². The van der Waals surface area contributed by atoms with E-state index in [0.717, 1.165) is 11.1 Å². The lowest BCUT2D eigenvalue weighted by molar-refractivity contribution is -0.186. The zero-order valence-electron chi connectivity index (χ0n) is 14.1. The Hall–Kier alpha value is -3.02. The van der Waals surface area contributed by atoms with E-state index in [1.54, 1.807) is 24.3 Å². The Balaban J connectivity index is 1.81. The number of aromatic hydroxyl groups is 2. The first kappa shape index (κ1) is 15.3. The van der Waals surface area contributed by atoms with Crippen LogP contribution < -0.4 is 9.47 Å². The van der Waals surface area contributed by atoms with Gasteiger partial charge in [0.1, 0.15) is 23.0 Å². The predicted octanol–water partition coefficient (Wildman–Crippen LogP) is 2.40. The number of hydrogen-bond donors (Lipinski definition) is 2. The summed E-state index contributed by atoms with van der Waals surface area (Å²) in [5.41, 5.74) is 0.127. The third-order valence-electron chi connectivity index (χ3n) is 6.63. The van der Waals surface area contributed by atoms with Crippen molar-refractivity contribution in [3.63, 3.8) is 0 Å². The number of carbonyl (C=O) groups excluding carboxylic acids is 2. The Morgan fingerprint density at radius 2 is 1.15 bits per heavy atom. The summed E-state index contributed by atoms with van der Waals surface area (Å²) in [5.74, 6) is -1.68. The maximum Gasteiger partial charge on any atom is 0.316 e. The highest BCUT2D eigenvalue weighted by molar-refractivity contribution is 5.95. The monoisotopic (exact) mass is 352 g/mol. The van der Waals surface area contributed by atoms with E-state index in [9.17, 15) is 19.8 Å². The lowest BCUT2D eigenvalue weighted by Gasteiger charge is -2.67. The van der Waals surface area contributed by atoms with E-state index in [4.69, 9.17) is 9.47 Å². The second-order valence-corrected chi connectivity index (χ2v) is 7.56. The quantitative estimate of drug-likeness (QED) is 0.559. The van der Waals surface area contributed by atoms with E-state index in [-0.39, 0.29) is 11.5 Å². The molecule has 4 atom stereocenters. The molecule has 0 saturated heterocycles. The van der Waals surface area contributed by atoms with Crippen molar-refractivity contribution in [1.82, 2.24) is 0 Å². The van der Waals surface area contributed by atoms with E-state index in [1.165, 1.54) is 12.1 Å². The van der Waals surface area contributed by atoms with Crippen LogP contribution in [0.4, 0.5) is 0 Å². The molecule has 0 radical (unpaired) electrons. The maximum atomic E-state index is 12.7. The van der Waals surface area contributed by atoms with Crippen molar-refractivity contribution in [3.8, 4) is 23.0 Å². The Morgan fingerprint density at radius 1 is 0.769 bits per heavy atom. The molecule has 2 heterocycles. The number of phenolic OH excluding ortho intramolecular Hbond substituents is 2. The largest absolute Gasteiger partial charge is 0.508 e. The molecular weight excluding hydrogens is 336 g/mol. The van der Waals surface area contributed by atoms with Gasteiger partial charge in [-0.15, -0.1) is 0 Å². The molecule has 1 fully saturated rings. The summed E-state index contributed by atoms with van der Waals surface area (Å²) >= 11 is 0. The molecule has 4 unspecified atom stereocenters. The highest BCUT2D eigenvalue weighted by Crippen LogP contribution is 2.71. The Bertz CT molecular complexity index is 930. The normalized spacial score (nSPS) is 33.6.